The van der Waals surface area contributed by atoms with Crippen molar-refractivity contribution in [3.63, 3.8) is 0 Å². The minimum absolute atomic E-state index is 0.00756. The fourth-order valence-corrected chi connectivity index (χ4v) is 2.37. The van der Waals surface area contributed by atoms with Gasteiger partial charge in [-0.05, 0) is 31.0 Å². The number of aromatic carboxylic acids is 1. The summed E-state index contributed by atoms with van der Waals surface area (Å²) in [6.45, 7) is 0.956. The molecule has 0 saturated heterocycles. The number of hydrogen-bond acceptors (Lipinski definition) is 4. The molecular weight excluding hydrogens is 277 g/mol. The second-order valence-corrected chi connectivity index (χ2v) is 4.88. The molecule has 2 aromatic rings. The van der Waals surface area contributed by atoms with E-state index < -0.39 is 11.8 Å². The van der Waals surface area contributed by atoms with Gasteiger partial charge in [-0.2, -0.15) is 0 Å². The van der Waals surface area contributed by atoms with Crippen molar-refractivity contribution >= 4 is 5.97 Å². The quantitative estimate of drug-likeness (QED) is 0.932. The summed E-state index contributed by atoms with van der Waals surface area (Å²) in [4.78, 5) is 10.7. The van der Waals surface area contributed by atoms with Crippen molar-refractivity contribution in [1.29, 1.82) is 0 Å². The van der Waals surface area contributed by atoms with Crippen LogP contribution in [0, 0.1) is 5.82 Å². The lowest BCUT2D eigenvalue weighted by molar-refractivity contribution is 0.0696. The van der Waals surface area contributed by atoms with E-state index in [1.165, 1.54) is 12.1 Å². The SMILES string of the molecule is O=C(O)c1ccc(OCc2nnc3n2CCCC3)c(F)c1. The average Bonchev–Trinajstić information content (AvgIpc) is 2.89. The van der Waals surface area contributed by atoms with Gasteiger partial charge in [0.1, 0.15) is 12.4 Å². The molecule has 110 valence electrons. The van der Waals surface area contributed by atoms with Crippen molar-refractivity contribution in [2.75, 3.05) is 0 Å². The average molecular weight is 291 g/mol. The molecule has 7 heteroatoms. The third kappa shape index (κ3) is 2.72. The van der Waals surface area contributed by atoms with Crippen LogP contribution >= 0.6 is 0 Å². The number of hydrogen-bond donors (Lipinski definition) is 1. The fraction of sp³-hybridized carbons (Fsp3) is 0.357. The van der Waals surface area contributed by atoms with Gasteiger partial charge >= 0.3 is 5.97 Å². The third-order valence-electron chi connectivity index (χ3n) is 3.47. The molecule has 0 aliphatic carbocycles. The molecule has 1 aliphatic rings. The molecule has 0 bridgehead atoms. The van der Waals surface area contributed by atoms with Crippen LogP contribution in [0.5, 0.6) is 5.75 Å². The molecule has 0 atom stereocenters. The molecule has 2 heterocycles. The lowest BCUT2D eigenvalue weighted by Gasteiger charge is -2.15. The maximum atomic E-state index is 13.7. The van der Waals surface area contributed by atoms with E-state index in [4.69, 9.17) is 9.84 Å². The van der Waals surface area contributed by atoms with Crippen LogP contribution < -0.4 is 4.74 Å². The van der Waals surface area contributed by atoms with E-state index in [2.05, 4.69) is 10.2 Å². The Hall–Kier alpha value is -2.44. The van der Waals surface area contributed by atoms with Gasteiger partial charge in [0.2, 0.25) is 0 Å². The first-order valence-electron chi connectivity index (χ1n) is 6.72. The van der Waals surface area contributed by atoms with E-state index in [-0.39, 0.29) is 17.9 Å². The fourth-order valence-electron chi connectivity index (χ4n) is 2.37. The maximum absolute atomic E-state index is 13.7. The van der Waals surface area contributed by atoms with Crippen LogP contribution in [0.4, 0.5) is 4.39 Å². The topological polar surface area (TPSA) is 77.2 Å². The second-order valence-electron chi connectivity index (χ2n) is 4.88. The number of nitrogens with zero attached hydrogens (tertiary/aromatic N) is 3. The number of benzene rings is 1. The standard InChI is InChI=1S/C14H14FN3O3/c15-10-7-9(14(19)20)4-5-11(10)21-8-13-17-16-12-3-1-2-6-18(12)13/h4-5,7H,1-3,6,8H2,(H,19,20). The van der Waals surface area contributed by atoms with Crippen molar-refractivity contribution in [2.45, 2.75) is 32.4 Å². The Kier molecular flexibility index (Phi) is 3.55. The van der Waals surface area contributed by atoms with Gasteiger partial charge in [-0.25, -0.2) is 9.18 Å². The smallest absolute Gasteiger partial charge is 0.335 e. The molecule has 0 spiro atoms. The largest absolute Gasteiger partial charge is 0.483 e. The molecule has 1 aromatic heterocycles. The van der Waals surface area contributed by atoms with E-state index in [1.54, 1.807) is 0 Å². The molecule has 6 nitrogen and oxygen atoms in total. The van der Waals surface area contributed by atoms with Crippen LogP contribution in [-0.4, -0.2) is 25.8 Å². The molecule has 3 rings (SSSR count). The lowest BCUT2D eigenvalue weighted by atomic mass is 10.2. The van der Waals surface area contributed by atoms with E-state index in [0.717, 1.165) is 37.7 Å². The number of rotatable bonds is 4. The van der Waals surface area contributed by atoms with E-state index in [0.29, 0.717) is 5.82 Å². The van der Waals surface area contributed by atoms with Crippen LogP contribution in [0.15, 0.2) is 18.2 Å². The highest BCUT2D eigenvalue weighted by molar-refractivity contribution is 5.87. The van der Waals surface area contributed by atoms with Gasteiger partial charge < -0.3 is 14.4 Å². The highest BCUT2D eigenvalue weighted by Gasteiger charge is 2.16. The third-order valence-corrected chi connectivity index (χ3v) is 3.47. The number of carboxylic acid groups (broad SMARTS) is 1. The van der Waals surface area contributed by atoms with Gasteiger partial charge in [0.15, 0.2) is 17.4 Å². The van der Waals surface area contributed by atoms with Crippen LogP contribution in [0.25, 0.3) is 0 Å². The minimum Gasteiger partial charge on any atom is -0.483 e. The molecule has 1 aromatic carbocycles. The molecule has 0 saturated carbocycles. The lowest BCUT2D eigenvalue weighted by Crippen LogP contribution is -2.14. The first kappa shape index (κ1) is 13.5. The Bertz CT molecular complexity index is 684. The van der Waals surface area contributed by atoms with Gasteiger partial charge in [-0.1, -0.05) is 0 Å². The van der Waals surface area contributed by atoms with Crippen LogP contribution in [0.2, 0.25) is 0 Å². The first-order chi connectivity index (χ1) is 10.1. The number of carbonyl (C=O) groups is 1. The van der Waals surface area contributed by atoms with E-state index >= 15 is 0 Å². The minimum atomic E-state index is -1.17. The van der Waals surface area contributed by atoms with Crippen LogP contribution in [0.3, 0.4) is 0 Å². The number of carboxylic acids is 1. The predicted molar refractivity (Wildman–Crippen MR) is 70.7 cm³/mol. The van der Waals surface area contributed by atoms with Crippen LogP contribution in [-0.2, 0) is 19.6 Å². The molecule has 0 fully saturated rings. The van der Waals surface area contributed by atoms with Crippen molar-refractivity contribution in [1.82, 2.24) is 14.8 Å². The number of fused-ring (bicyclic) bond motifs is 1. The monoisotopic (exact) mass is 291 g/mol. The normalized spacial score (nSPS) is 13.8. The summed E-state index contributed by atoms with van der Waals surface area (Å²) in [5.41, 5.74) is -0.111. The molecular formula is C14H14FN3O3. The Morgan fingerprint density at radius 1 is 1.38 bits per heavy atom. The van der Waals surface area contributed by atoms with E-state index in [9.17, 15) is 9.18 Å². The number of ether oxygens (including phenoxy) is 1. The molecule has 21 heavy (non-hydrogen) atoms. The molecule has 0 radical (unpaired) electrons. The van der Waals surface area contributed by atoms with Gasteiger partial charge in [0.25, 0.3) is 0 Å². The van der Waals surface area contributed by atoms with Gasteiger partial charge in [-0.15, -0.1) is 10.2 Å². The highest BCUT2D eigenvalue weighted by Crippen LogP contribution is 2.20. The van der Waals surface area contributed by atoms with E-state index in [1.807, 2.05) is 4.57 Å². The summed E-state index contributed by atoms with van der Waals surface area (Å²) in [5, 5.41) is 16.9. The molecule has 0 unspecified atom stereocenters. The summed E-state index contributed by atoms with van der Waals surface area (Å²) in [7, 11) is 0. The second kappa shape index (κ2) is 5.51. The Labute approximate surface area is 120 Å². The number of aromatic nitrogens is 3. The Morgan fingerprint density at radius 3 is 3.00 bits per heavy atom. The van der Waals surface area contributed by atoms with Crippen molar-refractivity contribution in [3.8, 4) is 5.75 Å². The highest BCUT2D eigenvalue weighted by atomic mass is 19.1. The summed E-state index contributed by atoms with van der Waals surface area (Å²) in [6.07, 6.45) is 3.07. The first-order valence-corrected chi connectivity index (χ1v) is 6.72. The van der Waals surface area contributed by atoms with Gasteiger partial charge in [0, 0.05) is 13.0 Å². The summed E-state index contributed by atoms with van der Waals surface area (Å²) < 4.78 is 21.1. The zero-order chi connectivity index (χ0) is 14.8. The number of halogens is 1. The van der Waals surface area contributed by atoms with Crippen molar-refractivity contribution < 1.29 is 19.0 Å². The Balaban J connectivity index is 1.73. The molecule has 1 aliphatic heterocycles. The van der Waals surface area contributed by atoms with Gasteiger partial charge in [0.05, 0.1) is 5.56 Å². The van der Waals surface area contributed by atoms with Crippen LogP contribution in [0.1, 0.15) is 34.8 Å². The number of aryl methyl sites for hydroxylation is 1. The zero-order valence-corrected chi connectivity index (χ0v) is 11.3. The van der Waals surface area contributed by atoms with Crippen molar-refractivity contribution in [3.05, 3.63) is 41.2 Å². The van der Waals surface area contributed by atoms with Gasteiger partial charge in [-0.3, -0.25) is 0 Å². The predicted octanol–water partition coefficient (Wildman–Crippen LogP) is 2.03. The molecule has 1 N–H and O–H groups in total. The summed E-state index contributed by atoms with van der Waals surface area (Å²) in [6, 6.07) is 3.56. The van der Waals surface area contributed by atoms with Crippen molar-refractivity contribution in [2.24, 2.45) is 0 Å². The molecule has 0 amide bonds. The zero-order valence-electron chi connectivity index (χ0n) is 11.3. The summed E-state index contributed by atoms with van der Waals surface area (Å²) >= 11 is 0. The summed E-state index contributed by atoms with van der Waals surface area (Å²) in [5.74, 6) is -0.277. The Morgan fingerprint density at radius 2 is 2.24 bits per heavy atom. The maximum Gasteiger partial charge on any atom is 0.335 e.